The predicted octanol–water partition coefficient (Wildman–Crippen LogP) is 2.72. The first-order valence-corrected chi connectivity index (χ1v) is 7.66. The van der Waals surface area contributed by atoms with Crippen LogP contribution >= 0.6 is 11.8 Å². The van der Waals surface area contributed by atoms with Crippen LogP contribution < -0.4 is 10.1 Å². The van der Waals surface area contributed by atoms with Gasteiger partial charge in [0.2, 0.25) is 0 Å². The van der Waals surface area contributed by atoms with Gasteiger partial charge in [-0.3, -0.25) is 4.79 Å². The van der Waals surface area contributed by atoms with E-state index in [1.165, 1.54) is 7.11 Å². The minimum atomic E-state index is -0.252. The Bertz CT molecular complexity index is 423. The van der Waals surface area contributed by atoms with Gasteiger partial charge in [0.15, 0.2) is 0 Å². The van der Waals surface area contributed by atoms with E-state index in [-0.39, 0.29) is 18.1 Å². The first-order chi connectivity index (χ1) is 9.56. The fourth-order valence-electron chi connectivity index (χ4n) is 1.80. The van der Waals surface area contributed by atoms with Gasteiger partial charge in [0, 0.05) is 16.7 Å². The van der Waals surface area contributed by atoms with Crippen molar-refractivity contribution in [2.75, 3.05) is 20.0 Å². The molecule has 1 N–H and O–H groups in total. The highest BCUT2D eigenvalue weighted by Crippen LogP contribution is 2.23. The number of methoxy groups -OCH3 is 2. The maximum absolute atomic E-state index is 11.7. The van der Waals surface area contributed by atoms with E-state index < -0.39 is 0 Å². The number of esters is 1. The maximum atomic E-state index is 11.7. The largest absolute Gasteiger partial charge is 0.497 e. The zero-order valence-corrected chi connectivity index (χ0v) is 13.3. The number of hydrogen-bond donors (Lipinski definition) is 1. The summed E-state index contributed by atoms with van der Waals surface area (Å²) in [7, 11) is 3.08. The molecule has 0 amide bonds. The van der Waals surface area contributed by atoms with Gasteiger partial charge in [0.25, 0.3) is 0 Å². The second kappa shape index (κ2) is 8.87. The molecule has 112 valence electrons. The van der Waals surface area contributed by atoms with Crippen molar-refractivity contribution in [3.63, 3.8) is 0 Å². The number of carbonyl (C=O) groups excluding carboxylic acids is 1. The van der Waals surface area contributed by atoms with Crippen molar-refractivity contribution in [1.82, 2.24) is 5.32 Å². The Kier molecular flexibility index (Phi) is 7.47. The number of rotatable bonds is 8. The molecule has 20 heavy (non-hydrogen) atoms. The van der Waals surface area contributed by atoms with Crippen LogP contribution in [-0.2, 0) is 9.53 Å². The summed E-state index contributed by atoms with van der Waals surface area (Å²) in [6.07, 6.45) is 0.729. The van der Waals surface area contributed by atoms with Gasteiger partial charge < -0.3 is 14.8 Å². The van der Waals surface area contributed by atoms with Crippen LogP contribution in [0.4, 0.5) is 0 Å². The molecule has 0 fully saturated rings. The van der Waals surface area contributed by atoms with E-state index in [1.807, 2.05) is 38.1 Å². The van der Waals surface area contributed by atoms with Crippen molar-refractivity contribution >= 4 is 17.7 Å². The molecule has 4 nitrogen and oxygen atoms in total. The third kappa shape index (κ3) is 5.84. The lowest BCUT2D eigenvalue weighted by Crippen LogP contribution is -2.41. The van der Waals surface area contributed by atoms with E-state index in [1.54, 1.807) is 18.9 Å². The van der Waals surface area contributed by atoms with Gasteiger partial charge in [-0.05, 0) is 24.6 Å². The van der Waals surface area contributed by atoms with Gasteiger partial charge in [0.05, 0.1) is 14.2 Å². The topological polar surface area (TPSA) is 47.6 Å². The molecule has 0 aliphatic rings. The second-order valence-electron chi connectivity index (χ2n) is 4.71. The molecule has 0 aliphatic heterocycles. The fraction of sp³-hybridized carbons (Fsp3) is 0.533. The SMILES string of the molecule is COC(=O)C(CCSc1cccc(OC)c1)NC(C)C. The van der Waals surface area contributed by atoms with Crippen LogP contribution in [-0.4, -0.2) is 38.0 Å². The quantitative estimate of drug-likeness (QED) is 0.590. The summed E-state index contributed by atoms with van der Waals surface area (Å²) in [6.45, 7) is 4.04. The van der Waals surface area contributed by atoms with E-state index in [0.717, 1.165) is 22.8 Å². The van der Waals surface area contributed by atoms with Gasteiger partial charge >= 0.3 is 5.97 Å². The Morgan fingerprint density at radius 1 is 1.35 bits per heavy atom. The van der Waals surface area contributed by atoms with Gasteiger partial charge in [-0.2, -0.15) is 0 Å². The molecule has 1 rings (SSSR count). The summed E-state index contributed by atoms with van der Waals surface area (Å²) in [6, 6.07) is 7.91. The number of nitrogens with one attached hydrogen (secondary N) is 1. The highest BCUT2D eigenvalue weighted by atomic mass is 32.2. The zero-order valence-electron chi connectivity index (χ0n) is 12.5. The van der Waals surface area contributed by atoms with Crippen LogP contribution in [0.2, 0.25) is 0 Å². The third-order valence-corrected chi connectivity index (χ3v) is 3.76. The Labute approximate surface area is 125 Å². The van der Waals surface area contributed by atoms with Crippen LogP contribution in [0.3, 0.4) is 0 Å². The van der Waals surface area contributed by atoms with Gasteiger partial charge in [-0.15, -0.1) is 11.8 Å². The first-order valence-electron chi connectivity index (χ1n) is 6.67. The molecule has 0 aromatic heterocycles. The van der Waals surface area contributed by atoms with Crippen molar-refractivity contribution < 1.29 is 14.3 Å². The van der Waals surface area contributed by atoms with Crippen molar-refractivity contribution in [3.05, 3.63) is 24.3 Å². The Morgan fingerprint density at radius 2 is 2.10 bits per heavy atom. The highest BCUT2D eigenvalue weighted by Gasteiger charge is 2.19. The van der Waals surface area contributed by atoms with Crippen LogP contribution in [0.15, 0.2) is 29.2 Å². The molecule has 1 atom stereocenters. The summed E-state index contributed by atoms with van der Waals surface area (Å²) in [5.41, 5.74) is 0. The molecule has 0 saturated carbocycles. The molecule has 1 unspecified atom stereocenters. The van der Waals surface area contributed by atoms with E-state index in [4.69, 9.17) is 9.47 Å². The lowest BCUT2D eigenvalue weighted by atomic mass is 10.2. The summed E-state index contributed by atoms with van der Waals surface area (Å²) < 4.78 is 10.0. The molecular weight excluding hydrogens is 274 g/mol. The molecule has 1 aromatic rings. The summed E-state index contributed by atoms with van der Waals surface area (Å²) in [5.74, 6) is 1.48. The standard InChI is InChI=1S/C15H23NO3S/c1-11(2)16-14(15(17)19-4)8-9-20-13-7-5-6-12(10-13)18-3/h5-7,10-11,14,16H,8-9H2,1-4H3. The number of carbonyl (C=O) groups is 1. The lowest BCUT2D eigenvalue weighted by Gasteiger charge is -2.18. The smallest absolute Gasteiger partial charge is 0.322 e. The Hall–Kier alpha value is -1.20. The minimum absolute atomic E-state index is 0.204. The van der Waals surface area contributed by atoms with Gasteiger partial charge in [-0.25, -0.2) is 0 Å². The van der Waals surface area contributed by atoms with Crippen molar-refractivity contribution in [1.29, 1.82) is 0 Å². The molecule has 0 bridgehead atoms. The zero-order chi connectivity index (χ0) is 15.0. The summed E-state index contributed by atoms with van der Waals surface area (Å²) >= 11 is 1.71. The highest BCUT2D eigenvalue weighted by molar-refractivity contribution is 7.99. The molecule has 0 spiro atoms. The molecular formula is C15H23NO3S. The number of hydrogen-bond acceptors (Lipinski definition) is 5. The van der Waals surface area contributed by atoms with Crippen LogP contribution in [0, 0.1) is 0 Å². The Balaban J connectivity index is 2.48. The molecule has 0 saturated heterocycles. The van der Waals surface area contributed by atoms with Crippen LogP contribution in [0.25, 0.3) is 0 Å². The Morgan fingerprint density at radius 3 is 2.70 bits per heavy atom. The normalized spacial score (nSPS) is 12.2. The molecule has 0 radical (unpaired) electrons. The van der Waals surface area contributed by atoms with Crippen LogP contribution in [0.5, 0.6) is 5.75 Å². The summed E-state index contributed by atoms with van der Waals surface area (Å²) in [4.78, 5) is 12.8. The number of benzene rings is 1. The molecule has 0 heterocycles. The third-order valence-electron chi connectivity index (χ3n) is 2.74. The second-order valence-corrected chi connectivity index (χ2v) is 5.88. The minimum Gasteiger partial charge on any atom is -0.497 e. The van der Waals surface area contributed by atoms with E-state index in [0.29, 0.717) is 0 Å². The van der Waals surface area contributed by atoms with Crippen molar-refractivity contribution in [3.8, 4) is 5.75 Å². The average Bonchev–Trinajstić information content (AvgIpc) is 2.45. The summed E-state index contributed by atoms with van der Waals surface area (Å²) in [5, 5.41) is 3.23. The van der Waals surface area contributed by atoms with Gasteiger partial charge in [0.1, 0.15) is 11.8 Å². The lowest BCUT2D eigenvalue weighted by molar-refractivity contribution is -0.143. The van der Waals surface area contributed by atoms with Gasteiger partial charge in [-0.1, -0.05) is 19.9 Å². The van der Waals surface area contributed by atoms with E-state index >= 15 is 0 Å². The van der Waals surface area contributed by atoms with Crippen molar-refractivity contribution in [2.24, 2.45) is 0 Å². The van der Waals surface area contributed by atoms with Crippen molar-refractivity contribution in [2.45, 2.75) is 37.2 Å². The predicted molar refractivity (Wildman–Crippen MR) is 82.4 cm³/mol. The van der Waals surface area contributed by atoms with Crippen LogP contribution in [0.1, 0.15) is 20.3 Å². The monoisotopic (exact) mass is 297 g/mol. The number of ether oxygens (including phenoxy) is 2. The number of thioether (sulfide) groups is 1. The van der Waals surface area contributed by atoms with E-state index in [2.05, 4.69) is 5.32 Å². The molecule has 0 aliphatic carbocycles. The molecule has 1 aromatic carbocycles. The first kappa shape index (κ1) is 16.9. The maximum Gasteiger partial charge on any atom is 0.322 e. The average molecular weight is 297 g/mol. The van der Waals surface area contributed by atoms with E-state index in [9.17, 15) is 4.79 Å². The molecule has 5 heteroatoms. The fourth-order valence-corrected chi connectivity index (χ4v) is 2.76.